The van der Waals surface area contributed by atoms with Crippen LogP contribution in [0.5, 0.6) is 0 Å². The highest BCUT2D eigenvalue weighted by Crippen LogP contribution is 2.26. The first-order valence-corrected chi connectivity index (χ1v) is 6.41. The van der Waals surface area contributed by atoms with Gasteiger partial charge < -0.3 is 9.32 Å². The summed E-state index contributed by atoms with van der Waals surface area (Å²) in [5.74, 6) is 1.35. The number of rotatable bonds is 1. The largest absolute Gasteiger partial charge is 0.457 e. The van der Waals surface area contributed by atoms with Crippen molar-refractivity contribution >= 4 is 21.8 Å². The molecule has 0 aliphatic carbocycles. The lowest BCUT2D eigenvalue weighted by molar-refractivity contribution is 0.0625. The van der Waals surface area contributed by atoms with E-state index >= 15 is 0 Å². The zero-order valence-electron chi connectivity index (χ0n) is 9.57. The first-order valence-electron chi connectivity index (χ1n) is 5.62. The molecule has 0 radical (unpaired) electrons. The number of nitrogens with zero attached hydrogens (tertiary/aromatic N) is 1. The van der Waals surface area contributed by atoms with Crippen molar-refractivity contribution in [2.75, 3.05) is 13.1 Å². The van der Waals surface area contributed by atoms with Crippen molar-refractivity contribution in [2.24, 2.45) is 11.8 Å². The average Bonchev–Trinajstić information content (AvgIpc) is 2.67. The molecule has 1 amide bonds. The van der Waals surface area contributed by atoms with Crippen LogP contribution in [0.25, 0.3) is 0 Å². The molecule has 0 bridgehead atoms. The summed E-state index contributed by atoms with van der Waals surface area (Å²) in [6, 6.07) is 1.72. The average molecular weight is 286 g/mol. The number of carbonyl (C=O) groups is 1. The van der Waals surface area contributed by atoms with Gasteiger partial charge in [-0.15, -0.1) is 0 Å². The summed E-state index contributed by atoms with van der Waals surface area (Å²) in [5, 5.41) is 0. The molecule has 1 aliphatic rings. The van der Waals surface area contributed by atoms with Crippen LogP contribution < -0.4 is 0 Å². The van der Waals surface area contributed by atoms with Crippen LogP contribution in [0, 0.1) is 11.8 Å². The standard InChI is InChI=1S/C12H16BrNO2/c1-8-3-5-14(7-9(8)2)12(15)10-4-6-16-11(10)13/h4,6,8-9H,3,5,7H2,1-2H3. The van der Waals surface area contributed by atoms with E-state index in [1.165, 1.54) is 6.26 Å². The van der Waals surface area contributed by atoms with Crippen LogP contribution in [-0.4, -0.2) is 23.9 Å². The third-order valence-corrected chi connectivity index (χ3v) is 4.08. The number of halogens is 1. The summed E-state index contributed by atoms with van der Waals surface area (Å²) in [6.45, 7) is 6.15. The monoisotopic (exact) mass is 285 g/mol. The Balaban J connectivity index is 2.09. The minimum atomic E-state index is 0.0689. The Kier molecular flexibility index (Phi) is 3.38. The topological polar surface area (TPSA) is 33.5 Å². The fraction of sp³-hybridized carbons (Fsp3) is 0.583. The Morgan fingerprint density at radius 2 is 2.25 bits per heavy atom. The van der Waals surface area contributed by atoms with Gasteiger partial charge in [-0.25, -0.2) is 0 Å². The smallest absolute Gasteiger partial charge is 0.258 e. The first kappa shape index (κ1) is 11.7. The van der Waals surface area contributed by atoms with Crippen LogP contribution in [0.4, 0.5) is 0 Å². The van der Waals surface area contributed by atoms with Gasteiger partial charge in [-0.1, -0.05) is 13.8 Å². The van der Waals surface area contributed by atoms with E-state index in [4.69, 9.17) is 4.42 Å². The highest BCUT2D eigenvalue weighted by Gasteiger charge is 2.27. The summed E-state index contributed by atoms with van der Waals surface area (Å²) in [6.07, 6.45) is 2.62. The minimum Gasteiger partial charge on any atom is -0.457 e. The van der Waals surface area contributed by atoms with E-state index in [9.17, 15) is 4.79 Å². The summed E-state index contributed by atoms with van der Waals surface area (Å²) in [5.41, 5.74) is 0.627. The third kappa shape index (κ3) is 2.17. The van der Waals surface area contributed by atoms with Crippen molar-refractivity contribution in [2.45, 2.75) is 20.3 Å². The second kappa shape index (κ2) is 4.62. The molecule has 1 aliphatic heterocycles. The maximum atomic E-state index is 12.2. The zero-order chi connectivity index (χ0) is 11.7. The Labute approximate surface area is 104 Å². The number of hydrogen-bond donors (Lipinski definition) is 0. The van der Waals surface area contributed by atoms with Gasteiger partial charge in [-0.05, 0) is 40.3 Å². The van der Waals surface area contributed by atoms with Crippen LogP contribution in [-0.2, 0) is 0 Å². The van der Waals surface area contributed by atoms with Gasteiger partial charge in [-0.3, -0.25) is 4.79 Å². The Morgan fingerprint density at radius 1 is 1.50 bits per heavy atom. The maximum Gasteiger partial charge on any atom is 0.258 e. The molecular formula is C12H16BrNO2. The molecular weight excluding hydrogens is 270 g/mol. The molecule has 2 unspecified atom stereocenters. The van der Waals surface area contributed by atoms with E-state index in [1.807, 2.05) is 4.90 Å². The molecule has 3 nitrogen and oxygen atoms in total. The number of piperidine rings is 1. The van der Waals surface area contributed by atoms with Gasteiger partial charge >= 0.3 is 0 Å². The van der Waals surface area contributed by atoms with Gasteiger partial charge in [-0.2, -0.15) is 0 Å². The van der Waals surface area contributed by atoms with Gasteiger partial charge in [0.2, 0.25) is 0 Å². The van der Waals surface area contributed by atoms with E-state index < -0.39 is 0 Å². The van der Waals surface area contributed by atoms with E-state index in [0.717, 1.165) is 19.5 Å². The third-order valence-electron chi connectivity index (χ3n) is 3.47. The number of amides is 1. The SMILES string of the molecule is CC1CCN(C(=O)c2ccoc2Br)CC1C. The van der Waals surface area contributed by atoms with Crippen LogP contribution >= 0.6 is 15.9 Å². The zero-order valence-corrected chi connectivity index (χ0v) is 11.2. The molecule has 1 aromatic rings. The highest BCUT2D eigenvalue weighted by atomic mass is 79.9. The van der Waals surface area contributed by atoms with Gasteiger partial charge in [0.1, 0.15) is 0 Å². The predicted octanol–water partition coefficient (Wildman–Crippen LogP) is 3.16. The molecule has 2 atom stereocenters. The second-order valence-corrected chi connectivity index (χ2v) is 5.32. The molecule has 16 heavy (non-hydrogen) atoms. The van der Waals surface area contributed by atoms with Crippen molar-refractivity contribution in [3.05, 3.63) is 22.6 Å². The molecule has 1 saturated heterocycles. The molecule has 88 valence electrons. The first-order chi connectivity index (χ1) is 7.59. The normalized spacial score (nSPS) is 25.8. The molecule has 0 saturated carbocycles. The van der Waals surface area contributed by atoms with E-state index in [0.29, 0.717) is 22.1 Å². The van der Waals surface area contributed by atoms with Gasteiger partial charge in [0, 0.05) is 13.1 Å². The number of furan rings is 1. The molecule has 2 rings (SSSR count). The van der Waals surface area contributed by atoms with Crippen molar-refractivity contribution < 1.29 is 9.21 Å². The molecule has 0 aromatic carbocycles. The lowest BCUT2D eigenvalue weighted by atomic mass is 9.88. The van der Waals surface area contributed by atoms with E-state index in [-0.39, 0.29) is 5.91 Å². The summed E-state index contributed by atoms with van der Waals surface area (Å²) >= 11 is 3.25. The minimum absolute atomic E-state index is 0.0689. The molecule has 1 fully saturated rings. The van der Waals surface area contributed by atoms with Crippen molar-refractivity contribution in [3.63, 3.8) is 0 Å². The lowest BCUT2D eigenvalue weighted by Gasteiger charge is -2.35. The maximum absolute atomic E-state index is 12.2. The fourth-order valence-electron chi connectivity index (χ4n) is 2.06. The van der Waals surface area contributed by atoms with Crippen LogP contribution in [0.2, 0.25) is 0 Å². The second-order valence-electron chi connectivity index (χ2n) is 4.60. The number of carbonyl (C=O) groups excluding carboxylic acids is 1. The predicted molar refractivity (Wildman–Crippen MR) is 65.3 cm³/mol. The van der Waals surface area contributed by atoms with Crippen molar-refractivity contribution in [3.8, 4) is 0 Å². The molecule has 4 heteroatoms. The van der Waals surface area contributed by atoms with Crippen LogP contribution in [0.15, 0.2) is 21.4 Å². The van der Waals surface area contributed by atoms with Gasteiger partial charge in [0.15, 0.2) is 4.67 Å². The summed E-state index contributed by atoms with van der Waals surface area (Å²) in [7, 11) is 0. The summed E-state index contributed by atoms with van der Waals surface area (Å²) in [4.78, 5) is 14.1. The Bertz CT molecular complexity index is 388. The van der Waals surface area contributed by atoms with E-state index in [1.54, 1.807) is 6.07 Å². The fourth-order valence-corrected chi connectivity index (χ4v) is 2.47. The molecule has 0 spiro atoms. The van der Waals surface area contributed by atoms with Gasteiger partial charge in [0.05, 0.1) is 11.8 Å². The quantitative estimate of drug-likeness (QED) is 0.794. The summed E-state index contributed by atoms with van der Waals surface area (Å²) < 4.78 is 5.62. The van der Waals surface area contributed by atoms with Crippen molar-refractivity contribution in [1.29, 1.82) is 0 Å². The number of likely N-dealkylation sites (tertiary alicyclic amines) is 1. The van der Waals surface area contributed by atoms with E-state index in [2.05, 4.69) is 29.8 Å². The molecule has 0 N–H and O–H groups in total. The van der Waals surface area contributed by atoms with Crippen LogP contribution in [0.3, 0.4) is 0 Å². The molecule has 2 heterocycles. The Hall–Kier alpha value is -0.770. The van der Waals surface area contributed by atoms with Gasteiger partial charge in [0.25, 0.3) is 5.91 Å². The molecule has 1 aromatic heterocycles. The van der Waals surface area contributed by atoms with Crippen molar-refractivity contribution in [1.82, 2.24) is 4.90 Å². The number of hydrogen-bond acceptors (Lipinski definition) is 2. The van der Waals surface area contributed by atoms with Crippen LogP contribution in [0.1, 0.15) is 30.6 Å². The lowest BCUT2D eigenvalue weighted by Crippen LogP contribution is -2.42. The Morgan fingerprint density at radius 3 is 2.81 bits per heavy atom. The highest BCUT2D eigenvalue weighted by molar-refractivity contribution is 9.10.